The number of benzene rings is 2. The second-order valence-electron chi connectivity index (χ2n) is 10.6. The molecule has 0 saturated heterocycles. The molecule has 0 spiro atoms. The molecule has 1 unspecified atom stereocenters. The minimum absolute atomic E-state index is 0.149. The molecular weight excluding hydrogens is 465 g/mol. The maximum atomic E-state index is 15.6. The van der Waals surface area contributed by atoms with Crippen molar-refractivity contribution in [3.05, 3.63) is 52.4 Å². The number of alkyl carbamates (subject to hydrolysis) is 1. The number of ether oxygens (including phenoxy) is 1. The zero-order valence-corrected chi connectivity index (χ0v) is 21.5. The first kappa shape index (κ1) is 24.0. The molecule has 2 aromatic carbocycles. The van der Waals surface area contributed by atoms with E-state index in [0.29, 0.717) is 21.8 Å². The summed E-state index contributed by atoms with van der Waals surface area (Å²) in [6, 6.07) is 7.59. The van der Waals surface area contributed by atoms with Crippen molar-refractivity contribution in [2.75, 3.05) is 5.32 Å². The number of aryl methyl sites for hydroxylation is 1. The fraction of sp³-hybridized carbons (Fsp3) is 0.464. The van der Waals surface area contributed by atoms with Gasteiger partial charge in [-0.15, -0.1) is 0 Å². The molecule has 0 bridgehead atoms. The molecule has 7 heteroatoms. The van der Waals surface area contributed by atoms with E-state index in [0.717, 1.165) is 47.7 Å². The number of carbonyl (C=O) groups is 1. The number of nitrogens with one attached hydrogen (secondary N) is 3. The highest BCUT2D eigenvalue weighted by atomic mass is 35.5. The summed E-state index contributed by atoms with van der Waals surface area (Å²) in [4.78, 5) is 16.1. The molecule has 3 aromatic rings. The van der Waals surface area contributed by atoms with Crippen LogP contribution in [0.3, 0.4) is 0 Å². The summed E-state index contributed by atoms with van der Waals surface area (Å²) in [5.41, 5.74) is 3.82. The second kappa shape index (κ2) is 9.05. The van der Waals surface area contributed by atoms with Gasteiger partial charge in [-0.1, -0.05) is 56.0 Å². The van der Waals surface area contributed by atoms with E-state index < -0.39 is 17.7 Å². The number of aromatic nitrogens is 1. The number of halogens is 2. The van der Waals surface area contributed by atoms with E-state index in [1.54, 1.807) is 0 Å². The fourth-order valence-corrected chi connectivity index (χ4v) is 6.32. The molecule has 1 aromatic heterocycles. The normalized spacial score (nSPS) is 21.9. The molecule has 2 atom stereocenters. The minimum atomic E-state index is -0.682. The summed E-state index contributed by atoms with van der Waals surface area (Å²) in [6.07, 6.45) is 6.39. The van der Waals surface area contributed by atoms with Crippen molar-refractivity contribution in [2.24, 2.45) is 0 Å². The minimum Gasteiger partial charge on any atom is -0.443 e. The van der Waals surface area contributed by atoms with Gasteiger partial charge in [-0.05, 0) is 45.2 Å². The van der Waals surface area contributed by atoms with Gasteiger partial charge in [-0.25, -0.2) is 9.18 Å². The zero-order chi connectivity index (χ0) is 24.9. The van der Waals surface area contributed by atoms with Crippen molar-refractivity contribution >= 4 is 34.3 Å². The summed E-state index contributed by atoms with van der Waals surface area (Å²) in [7, 11) is 0. The van der Waals surface area contributed by atoms with Crippen LogP contribution in [0.5, 0.6) is 0 Å². The van der Waals surface area contributed by atoms with Crippen LogP contribution in [0.25, 0.3) is 22.0 Å². The van der Waals surface area contributed by atoms with Gasteiger partial charge in [0.15, 0.2) is 0 Å². The summed E-state index contributed by atoms with van der Waals surface area (Å²) in [6.45, 7) is 7.84. The van der Waals surface area contributed by atoms with E-state index in [2.05, 4.69) is 15.6 Å². The van der Waals surface area contributed by atoms with Crippen LogP contribution in [0.15, 0.2) is 30.5 Å². The monoisotopic (exact) mass is 497 g/mol. The first-order valence-electron chi connectivity index (χ1n) is 12.5. The summed E-state index contributed by atoms with van der Waals surface area (Å²) < 4.78 is 21.6. The summed E-state index contributed by atoms with van der Waals surface area (Å²) >= 11 is 7.01. The van der Waals surface area contributed by atoms with E-state index in [1.165, 1.54) is 12.5 Å². The van der Waals surface area contributed by atoms with Crippen molar-refractivity contribution in [3.8, 4) is 11.1 Å². The Bertz CT molecular complexity index is 1280. The smallest absolute Gasteiger partial charge is 0.407 e. The van der Waals surface area contributed by atoms with Gasteiger partial charge in [0.25, 0.3) is 0 Å². The standard InChI is InChI=1S/C28H33ClFN3O2/c1-15-14-31-24-18(15)11-8-12-19(24)20-13-21(30)25-22(23(20)29)16(2)26(28(3,4)33-25)35-27(34)32-17-9-6-5-7-10-17/h8,11-14,16-17,26,31,33H,5-7,9-10H2,1-4H3,(H,32,34)/t16-,26?/m0/s1. The van der Waals surface area contributed by atoms with Gasteiger partial charge in [0, 0.05) is 40.2 Å². The van der Waals surface area contributed by atoms with Crippen LogP contribution in [0.1, 0.15) is 69.9 Å². The number of para-hydroxylation sites is 1. The average Bonchev–Trinajstić information content (AvgIpc) is 3.20. The quantitative estimate of drug-likeness (QED) is 0.347. The number of amides is 1. The van der Waals surface area contributed by atoms with Gasteiger partial charge in [0.2, 0.25) is 0 Å². The highest BCUT2D eigenvalue weighted by Crippen LogP contribution is 2.49. The first-order valence-corrected chi connectivity index (χ1v) is 12.9. The highest BCUT2D eigenvalue weighted by molar-refractivity contribution is 6.35. The molecule has 1 aliphatic carbocycles. The van der Waals surface area contributed by atoms with Crippen molar-refractivity contribution in [2.45, 2.75) is 83.4 Å². The lowest BCUT2D eigenvalue weighted by Crippen LogP contribution is -2.54. The average molecular weight is 498 g/mol. The van der Waals surface area contributed by atoms with E-state index in [9.17, 15) is 4.79 Å². The molecule has 1 amide bonds. The Balaban J connectivity index is 1.52. The van der Waals surface area contributed by atoms with Gasteiger partial charge < -0.3 is 20.4 Å². The van der Waals surface area contributed by atoms with Crippen LogP contribution < -0.4 is 10.6 Å². The number of carbonyl (C=O) groups excluding carboxylic acids is 1. The molecule has 5 nitrogen and oxygen atoms in total. The number of anilines is 1. The Hall–Kier alpha value is -2.73. The maximum Gasteiger partial charge on any atom is 0.407 e. The van der Waals surface area contributed by atoms with Crippen molar-refractivity contribution in [1.29, 1.82) is 0 Å². The number of fused-ring (bicyclic) bond motifs is 2. The van der Waals surface area contributed by atoms with Gasteiger partial charge in [-0.2, -0.15) is 0 Å². The topological polar surface area (TPSA) is 66.2 Å². The number of H-pyrrole nitrogens is 1. The molecule has 5 rings (SSSR count). The molecule has 1 aliphatic heterocycles. The Morgan fingerprint density at radius 2 is 1.94 bits per heavy atom. The van der Waals surface area contributed by atoms with Crippen LogP contribution in [0.4, 0.5) is 14.9 Å². The highest BCUT2D eigenvalue weighted by Gasteiger charge is 2.45. The lowest BCUT2D eigenvalue weighted by molar-refractivity contribution is 0.0445. The van der Waals surface area contributed by atoms with Crippen LogP contribution in [-0.2, 0) is 4.74 Å². The van der Waals surface area contributed by atoms with Gasteiger partial charge in [0.05, 0.1) is 21.8 Å². The lowest BCUT2D eigenvalue weighted by Gasteiger charge is -2.45. The van der Waals surface area contributed by atoms with Crippen LogP contribution >= 0.6 is 11.6 Å². The summed E-state index contributed by atoms with van der Waals surface area (Å²) in [5, 5.41) is 7.86. The fourth-order valence-electron chi connectivity index (χ4n) is 5.90. The molecular formula is C28H33ClFN3O2. The third-order valence-corrected chi connectivity index (χ3v) is 8.10. The van der Waals surface area contributed by atoms with E-state index in [1.807, 2.05) is 52.1 Å². The van der Waals surface area contributed by atoms with Gasteiger partial charge in [-0.3, -0.25) is 0 Å². The Labute approximate surface area is 210 Å². The predicted octanol–water partition coefficient (Wildman–Crippen LogP) is 7.67. The molecule has 2 heterocycles. The van der Waals surface area contributed by atoms with Gasteiger partial charge in [0.1, 0.15) is 11.9 Å². The Morgan fingerprint density at radius 3 is 2.69 bits per heavy atom. The number of hydrogen-bond acceptors (Lipinski definition) is 3. The predicted molar refractivity (Wildman–Crippen MR) is 140 cm³/mol. The molecule has 1 saturated carbocycles. The molecule has 3 N–H and O–H groups in total. The SMILES string of the molecule is Cc1c[nH]c2c(-c3cc(F)c4c(c3Cl)[C@H](C)C(OC(=O)NC3CCCCC3)C(C)(C)N4)cccc12. The van der Waals surface area contributed by atoms with E-state index in [4.69, 9.17) is 16.3 Å². The lowest BCUT2D eigenvalue weighted by atomic mass is 9.78. The van der Waals surface area contributed by atoms with Gasteiger partial charge >= 0.3 is 6.09 Å². The third kappa shape index (κ3) is 4.26. The molecule has 1 fully saturated rings. The van der Waals surface area contributed by atoms with Crippen LogP contribution in [0.2, 0.25) is 5.02 Å². The molecule has 2 aliphatic rings. The Morgan fingerprint density at radius 1 is 1.20 bits per heavy atom. The zero-order valence-electron chi connectivity index (χ0n) is 20.7. The van der Waals surface area contributed by atoms with Crippen molar-refractivity contribution in [1.82, 2.24) is 10.3 Å². The van der Waals surface area contributed by atoms with Crippen LogP contribution in [-0.4, -0.2) is 28.8 Å². The molecule has 0 radical (unpaired) electrons. The number of rotatable bonds is 3. The Kier molecular flexibility index (Phi) is 6.20. The van der Waals surface area contributed by atoms with Crippen molar-refractivity contribution < 1.29 is 13.9 Å². The second-order valence-corrected chi connectivity index (χ2v) is 11.0. The molecule has 186 valence electrons. The number of hydrogen-bond donors (Lipinski definition) is 3. The number of aromatic amines is 1. The van der Waals surface area contributed by atoms with Crippen LogP contribution in [0, 0.1) is 12.7 Å². The first-order chi connectivity index (χ1) is 16.7. The third-order valence-electron chi connectivity index (χ3n) is 7.69. The van der Waals surface area contributed by atoms with E-state index in [-0.39, 0.29) is 17.8 Å². The molecule has 35 heavy (non-hydrogen) atoms. The largest absolute Gasteiger partial charge is 0.443 e. The van der Waals surface area contributed by atoms with Crippen molar-refractivity contribution in [3.63, 3.8) is 0 Å². The van der Waals surface area contributed by atoms with E-state index >= 15 is 4.39 Å². The summed E-state index contributed by atoms with van der Waals surface area (Å²) in [5.74, 6) is -0.686. The maximum absolute atomic E-state index is 15.6.